The smallest absolute Gasteiger partial charge is 0.146 e. The van der Waals surface area contributed by atoms with Gasteiger partial charge in [0.05, 0.1) is 5.52 Å². The molecule has 6 aromatic rings. The van der Waals surface area contributed by atoms with E-state index < -0.39 is 0 Å². The highest BCUT2D eigenvalue weighted by atomic mass is 15.1. The van der Waals surface area contributed by atoms with Crippen LogP contribution in [0, 0.1) is 0 Å². The highest BCUT2D eigenvalue weighted by Gasteiger charge is 2.17. The fourth-order valence-corrected chi connectivity index (χ4v) is 4.09. The van der Waals surface area contributed by atoms with Gasteiger partial charge in [-0.2, -0.15) is 0 Å². The maximum atomic E-state index is 4.73. The van der Waals surface area contributed by atoms with Crippen molar-refractivity contribution < 1.29 is 0 Å². The molecule has 0 unspecified atom stereocenters. The minimum Gasteiger partial charge on any atom is -0.347 e. The second-order valence-electron chi connectivity index (χ2n) is 6.62. The molecule has 1 N–H and O–H groups in total. The summed E-state index contributed by atoms with van der Waals surface area (Å²) in [5.41, 5.74) is 2.15. The van der Waals surface area contributed by atoms with Crippen LogP contribution in [0.5, 0.6) is 0 Å². The molecule has 0 radical (unpaired) electrons. The van der Waals surface area contributed by atoms with E-state index in [0.717, 1.165) is 11.5 Å². The summed E-state index contributed by atoms with van der Waals surface area (Å²) in [5.74, 6) is 1.06. The molecule has 0 spiro atoms. The van der Waals surface area contributed by atoms with E-state index in [1.165, 1.54) is 37.8 Å². The van der Waals surface area contributed by atoms with Crippen molar-refractivity contribution in [3.8, 4) is 5.82 Å². The van der Waals surface area contributed by atoms with Gasteiger partial charge in [0.1, 0.15) is 11.5 Å². The third kappa shape index (κ3) is 1.69. The molecular formula is C23H15N3. The van der Waals surface area contributed by atoms with Crippen molar-refractivity contribution in [2.24, 2.45) is 0 Å². The van der Waals surface area contributed by atoms with Gasteiger partial charge in [-0.15, -0.1) is 0 Å². The summed E-state index contributed by atoms with van der Waals surface area (Å²) >= 11 is 0. The van der Waals surface area contributed by atoms with Crippen LogP contribution in [0.2, 0.25) is 0 Å². The van der Waals surface area contributed by atoms with Crippen molar-refractivity contribution in [2.75, 3.05) is 0 Å². The summed E-state index contributed by atoms with van der Waals surface area (Å²) in [5, 5.41) is 7.35. The van der Waals surface area contributed by atoms with Crippen molar-refractivity contribution in [3.63, 3.8) is 0 Å². The Morgan fingerprint density at radius 1 is 0.692 bits per heavy atom. The monoisotopic (exact) mass is 333 g/mol. The van der Waals surface area contributed by atoms with Gasteiger partial charge >= 0.3 is 0 Å². The first-order valence-corrected chi connectivity index (χ1v) is 8.75. The van der Waals surface area contributed by atoms with E-state index in [2.05, 4.69) is 82.5 Å². The van der Waals surface area contributed by atoms with Gasteiger partial charge in [0.25, 0.3) is 0 Å². The average Bonchev–Trinajstić information content (AvgIpc) is 3.26. The third-order valence-corrected chi connectivity index (χ3v) is 5.22. The quantitative estimate of drug-likeness (QED) is 0.404. The van der Waals surface area contributed by atoms with Crippen molar-refractivity contribution in [2.45, 2.75) is 0 Å². The van der Waals surface area contributed by atoms with Crippen molar-refractivity contribution in [1.29, 1.82) is 0 Å². The molecule has 26 heavy (non-hydrogen) atoms. The van der Waals surface area contributed by atoms with Crippen LogP contribution in [0.3, 0.4) is 0 Å². The van der Waals surface area contributed by atoms with Crippen LogP contribution in [-0.2, 0) is 0 Å². The zero-order valence-electron chi connectivity index (χ0n) is 14.0. The van der Waals surface area contributed by atoms with Crippen molar-refractivity contribution in [3.05, 3.63) is 85.2 Å². The lowest BCUT2D eigenvalue weighted by Crippen LogP contribution is -1.96. The van der Waals surface area contributed by atoms with Gasteiger partial charge in [-0.3, -0.25) is 4.57 Å². The molecule has 3 aromatic carbocycles. The van der Waals surface area contributed by atoms with Crippen LogP contribution in [0.4, 0.5) is 0 Å². The minimum absolute atomic E-state index is 0.978. The maximum absolute atomic E-state index is 4.73. The second kappa shape index (κ2) is 4.96. The molecule has 0 amide bonds. The number of aromatic nitrogens is 3. The molecule has 3 heterocycles. The zero-order chi connectivity index (χ0) is 17.1. The fourth-order valence-electron chi connectivity index (χ4n) is 4.09. The van der Waals surface area contributed by atoms with Crippen LogP contribution in [0.1, 0.15) is 0 Å². The summed E-state index contributed by atoms with van der Waals surface area (Å²) in [6.07, 6.45) is 3.93. The summed E-state index contributed by atoms with van der Waals surface area (Å²) in [6, 6.07) is 25.6. The molecule has 3 heteroatoms. The number of rotatable bonds is 1. The predicted octanol–water partition coefficient (Wildman–Crippen LogP) is 5.81. The molecule has 0 saturated carbocycles. The highest BCUT2D eigenvalue weighted by Crippen LogP contribution is 2.36. The molecular weight excluding hydrogens is 318 g/mol. The molecule has 0 atom stereocenters. The number of aromatic amines is 1. The van der Waals surface area contributed by atoms with Gasteiger partial charge in [-0.25, -0.2) is 4.98 Å². The summed E-state index contributed by atoms with van der Waals surface area (Å²) < 4.78 is 2.25. The Morgan fingerprint density at radius 2 is 1.46 bits per heavy atom. The number of fused-ring (bicyclic) bond motifs is 6. The maximum Gasteiger partial charge on any atom is 0.146 e. The molecule has 0 saturated heterocycles. The first-order chi connectivity index (χ1) is 12.9. The van der Waals surface area contributed by atoms with E-state index in [1.54, 1.807) is 0 Å². The highest BCUT2D eigenvalue weighted by molar-refractivity contribution is 6.20. The molecule has 6 rings (SSSR count). The van der Waals surface area contributed by atoms with Crippen LogP contribution in [0.25, 0.3) is 49.3 Å². The predicted molar refractivity (Wildman–Crippen MR) is 108 cm³/mol. The summed E-state index contributed by atoms with van der Waals surface area (Å²) in [7, 11) is 0. The van der Waals surface area contributed by atoms with Gasteiger partial charge < -0.3 is 4.98 Å². The van der Waals surface area contributed by atoms with E-state index in [1.807, 2.05) is 12.3 Å². The number of pyridine rings is 1. The SMILES string of the molecule is c1ccc2c(-n3c4ccc5ccccc5c4c4cccnc43)[nH]cc2c1. The molecule has 0 bridgehead atoms. The summed E-state index contributed by atoms with van der Waals surface area (Å²) in [6.45, 7) is 0. The van der Waals surface area contributed by atoms with Gasteiger partial charge in [0, 0.05) is 33.9 Å². The Hall–Kier alpha value is -3.59. The Labute approximate surface area is 149 Å². The molecule has 122 valence electrons. The molecule has 0 aliphatic carbocycles. The van der Waals surface area contributed by atoms with Crippen LogP contribution >= 0.6 is 0 Å². The standard InChI is InChI=1S/C23H15N3/c1-3-8-17-15(6-1)11-12-20-21(17)19-10-5-13-24-23(19)26(20)22-18-9-4-2-7-16(18)14-25-22/h1-14,25H. The Kier molecular flexibility index (Phi) is 2.61. The second-order valence-corrected chi connectivity index (χ2v) is 6.62. The van der Waals surface area contributed by atoms with Crippen LogP contribution < -0.4 is 0 Å². The fraction of sp³-hybridized carbons (Fsp3) is 0. The topological polar surface area (TPSA) is 33.6 Å². The number of hydrogen-bond acceptors (Lipinski definition) is 1. The van der Waals surface area contributed by atoms with Gasteiger partial charge in [0.15, 0.2) is 0 Å². The number of H-pyrrole nitrogens is 1. The van der Waals surface area contributed by atoms with Gasteiger partial charge in [-0.1, -0.05) is 54.6 Å². The number of benzene rings is 3. The van der Waals surface area contributed by atoms with Crippen LogP contribution in [-0.4, -0.2) is 14.5 Å². The number of hydrogen-bond donors (Lipinski definition) is 1. The first kappa shape index (κ1) is 13.7. The summed E-state index contributed by atoms with van der Waals surface area (Å²) in [4.78, 5) is 8.20. The number of nitrogens with zero attached hydrogens (tertiary/aromatic N) is 2. The normalized spacial score (nSPS) is 11.8. The lowest BCUT2D eigenvalue weighted by atomic mass is 10.0. The van der Waals surface area contributed by atoms with Crippen molar-refractivity contribution in [1.82, 2.24) is 14.5 Å². The van der Waals surface area contributed by atoms with E-state index >= 15 is 0 Å². The van der Waals surface area contributed by atoms with Crippen molar-refractivity contribution >= 4 is 43.5 Å². The largest absolute Gasteiger partial charge is 0.347 e. The van der Waals surface area contributed by atoms with E-state index in [0.29, 0.717) is 0 Å². The van der Waals surface area contributed by atoms with E-state index in [9.17, 15) is 0 Å². The molecule has 0 aliphatic heterocycles. The van der Waals surface area contributed by atoms with Gasteiger partial charge in [-0.05, 0) is 29.0 Å². The third-order valence-electron chi connectivity index (χ3n) is 5.22. The average molecular weight is 333 g/mol. The Balaban J connectivity index is 1.88. The lowest BCUT2D eigenvalue weighted by Gasteiger charge is -2.06. The first-order valence-electron chi connectivity index (χ1n) is 8.75. The van der Waals surface area contributed by atoms with E-state index in [-0.39, 0.29) is 0 Å². The molecule has 0 fully saturated rings. The molecule has 3 aromatic heterocycles. The lowest BCUT2D eigenvalue weighted by molar-refractivity contribution is 1.09. The Morgan fingerprint density at radius 3 is 2.38 bits per heavy atom. The zero-order valence-corrected chi connectivity index (χ0v) is 14.0. The van der Waals surface area contributed by atoms with E-state index in [4.69, 9.17) is 4.98 Å². The Bertz CT molecular complexity index is 1440. The molecule has 3 nitrogen and oxygen atoms in total. The van der Waals surface area contributed by atoms with Gasteiger partial charge in [0.2, 0.25) is 0 Å². The molecule has 0 aliphatic rings. The number of nitrogens with one attached hydrogen (secondary N) is 1. The minimum atomic E-state index is 0.978. The van der Waals surface area contributed by atoms with Crippen LogP contribution in [0.15, 0.2) is 85.2 Å².